The Balaban J connectivity index is 0.00000182. The highest BCUT2D eigenvalue weighted by atomic mass is 35.5. The molecule has 4 rings (SSSR count). The minimum absolute atomic E-state index is 0. The van der Waals surface area contributed by atoms with Crippen LogP contribution in [0.3, 0.4) is 0 Å². The number of halogens is 2. The topological polar surface area (TPSA) is 50.8 Å². The average molecular weight is 381 g/mol. The van der Waals surface area contributed by atoms with E-state index in [1.54, 1.807) is 18.2 Å². The van der Waals surface area contributed by atoms with Crippen LogP contribution < -0.4 is 14.8 Å². The van der Waals surface area contributed by atoms with Crippen LogP contribution in [0.5, 0.6) is 11.5 Å². The Morgan fingerprint density at radius 1 is 1.16 bits per heavy atom. The van der Waals surface area contributed by atoms with E-state index in [0.717, 1.165) is 12.1 Å². The first-order chi connectivity index (χ1) is 11.7. The third-order valence-corrected chi connectivity index (χ3v) is 4.73. The second-order valence-electron chi connectivity index (χ2n) is 5.81. The fourth-order valence-corrected chi connectivity index (χ4v) is 3.43. The van der Waals surface area contributed by atoms with Gasteiger partial charge in [-0.2, -0.15) is 0 Å². The molecule has 0 spiro atoms. The molecule has 0 saturated carbocycles. The van der Waals surface area contributed by atoms with E-state index in [9.17, 15) is 4.79 Å². The first-order valence-electron chi connectivity index (χ1n) is 7.90. The van der Waals surface area contributed by atoms with Crippen LogP contribution in [-0.4, -0.2) is 37.2 Å². The molecule has 1 unspecified atom stereocenters. The van der Waals surface area contributed by atoms with Gasteiger partial charge in [-0.25, -0.2) is 0 Å². The molecule has 2 aliphatic heterocycles. The van der Waals surface area contributed by atoms with Crippen LogP contribution in [-0.2, 0) is 0 Å². The van der Waals surface area contributed by atoms with Crippen LogP contribution in [0, 0.1) is 0 Å². The number of nitrogens with zero attached hydrogens (tertiary/aromatic N) is 1. The molecule has 7 heteroatoms. The molecule has 132 valence electrons. The Labute approximate surface area is 157 Å². The van der Waals surface area contributed by atoms with Gasteiger partial charge in [-0.3, -0.25) is 4.79 Å². The van der Waals surface area contributed by atoms with Gasteiger partial charge in [-0.15, -0.1) is 12.4 Å². The zero-order valence-corrected chi connectivity index (χ0v) is 15.0. The lowest BCUT2D eigenvalue weighted by Gasteiger charge is -2.37. The Bertz CT molecular complexity index is 785. The Morgan fingerprint density at radius 3 is 2.80 bits per heavy atom. The smallest absolute Gasteiger partial charge is 0.254 e. The van der Waals surface area contributed by atoms with Crippen LogP contribution in [0.4, 0.5) is 0 Å². The number of carbonyl (C=O) groups excluding carboxylic acids is 1. The number of nitrogens with one attached hydrogen (secondary N) is 1. The molecule has 1 N–H and O–H groups in total. The first-order valence-corrected chi connectivity index (χ1v) is 8.27. The lowest BCUT2D eigenvalue weighted by Crippen LogP contribution is -2.48. The zero-order chi connectivity index (χ0) is 16.5. The van der Waals surface area contributed by atoms with Gasteiger partial charge in [0.05, 0.1) is 6.04 Å². The van der Waals surface area contributed by atoms with Crippen LogP contribution >= 0.6 is 24.0 Å². The summed E-state index contributed by atoms with van der Waals surface area (Å²) in [6.45, 7) is 2.27. The number of amides is 1. The molecule has 1 fully saturated rings. The predicted octanol–water partition coefficient (Wildman–Crippen LogP) is 3.28. The van der Waals surface area contributed by atoms with E-state index >= 15 is 0 Å². The maximum absolute atomic E-state index is 13.1. The van der Waals surface area contributed by atoms with Gasteiger partial charge in [0.2, 0.25) is 6.79 Å². The van der Waals surface area contributed by atoms with E-state index in [1.165, 1.54) is 0 Å². The SMILES string of the molecule is Cl.O=C(c1ccc2c(c1)OCO2)N1CCNCC1c1ccccc1Cl. The summed E-state index contributed by atoms with van der Waals surface area (Å²) in [5.41, 5.74) is 1.55. The van der Waals surface area contributed by atoms with Gasteiger partial charge in [-0.05, 0) is 29.8 Å². The lowest BCUT2D eigenvalue weighted by molar-refractivity contribution is 0.0634. The molecule has 0 bridgehead atoms. The molecule has 2 heterocycles. The number of ether oxygens (including phenoxy) is 2. The number of benzene rings is 2. The van der Waals surface area contributed by atoms with Crippen molar-refractivity contribution < 1.29 is 14.3 Å². The standard InChI is InChI=1S/C18H17ClN2O3.ClH/c19-14-4-2-1-3-13(14)15-10-20-7-8-21(15)18(22)12-5-6-16-17(9-12)24-11-23-16;/h1-6,9,15,20H,7-8,10-11H2;1H. The van der Waals surface area contributed by atoms with Crippen LogP contribution in [0.25, 0.3) is 0 Å². The zero-order valence-electron chi connectivity index (χ0n) is 13.4. The van der Waals surface area contributed by atoms with Gasteiger partial charge in [-0.1, -0.05) is 29.8 Å². The van der Waals surface area contributed by atoms with Crippen molar-refractivity contribution >= 4 is 29.9 Å². The number of hydrogen-bond donors (Lipinski definition) is 1. The Kier molecular flexibility index (Phi) is 5.37. The summed E-state index contributed by atoms with van der Waals surface area (Å²) in [4.78, 5) is 14.9. The van der Waals surface area contributed by atoms with Crippen molar-refractivity contribution in [1.82, 2.24) is 10.2 Å². The highest BCUT2D eigenvalue weighted by molar-refractivity contribution is 6.31. The molecule has 1 saturated heterocycles. The van der Waals surface area contributed by atoms with Gasteiger partial charge in [0.15, 0.2) is 11.5 Å². The van der Waals surface area contributed by atoms with Crippen molar-refractivity contribution in [3.63, 3.8) is 0 Å². The number of rotatable bonds is 2. The van der Waals surface area contributed by atoms with Crippen molar-refractivity contribution in [2.45, 2.75) is 6.04 Å². The maximum atomic E-state index is 13.1. The lowest BCUT2D eigenvalue weighted by atomic mass is 10.0. The summed E-state index contributed by atoms with van der Waals surface area (Å²) in [5.74, 6) is 1.26. The van der Waals surface area contributed by atoms with Crippen molar-refractivity contribution in [1.29, 1.82) is 0 Å². The summed E-state index contributed by atoms with van der Waals surface area (Å²) in [6, 6.07) is 12.9. The molecule has 0 aromatic heterocycles. The molecular weight excluding hydrogens is 363 g/mol. The molecule has 2 aromatic carbocycles. The molecule has 0 radical (unpaired) electrons. The second-order valence-corrected chi connectivity index (χ2v) is 6.22. The monoisotopic (exact) mass is 380 g/mol. The predicted molar refractivity (Wildman–Crippen MR) is 97.9 cm³/mol. The van der Waals surface area contributed by atoms with E-state index in [1.807, 2.05) is 29.2 Å². The fraction of sp³-hybridized carbons (Fsp3) is 0.278. The fourth-order valence-electron chi connectivity index (χ4n) is 3.17. The number of piperazine rings is 1. The van der Waals surface area contributed by atoms with Gasteiger partial charge in [0.1, 0.15) is 0 Å². The largest absolute Gasteiger partial charge is 0.454 e. The average Bonchev–Trinajstić information content (AvgIpc) is 3.09. The van der Waals surface area contributed by atoms with Gasteiger partial charge in [0, 0.05) is 30.2 Å². The highest BCUT2D eigenvalue weighted by Gasteiger charge is 2.30. The van der Waals surface area contributed by atoms with E-state index in [0.29, 0.717) is 35.2 Å². The first kappa shape index (κ1) is 17.9. The molecule has 0 aliphatic carbocycles. The van der Waals surface area contributed by atoms with E-state index in [4.69, 9.17) is 21.1 Å². The molecule has 25 heavy (non-hydrogen) atoms. The molecule has 1 amide bonds. The molecule has 2 aromatic rings. The van der Waals surface area contributed by atoms with E-state index in [-0.39, 0.29) is 31.1 Å². The normalized spacial score (nSPS) is 18.6. The van der Waals surface area contributed by atoms with Crippen molar-refractivity contribution in [3.05, 3.63) is 58.6 Å². The summed E-state index contributed by atoms with van der Waals surface area (Å²) in [6.07, 6.45) is 0. The summed E-state index contributed by atoms with van der Waals surface area (Å²) < 4.78 is 10.7. The van der Waals surface area contributed by atoms with Gasteiger partial charge >= 0.3 is 0 Å². The van der Waals surface area contributed by atoms with Crippen molar-refractivity contribution in [2.75, 3.05) is 26.4 Å². The molecular formula is C18H18Cl2N2O3. The summed E-state index contributed by atoms with van der Waals surface area (Å²) in [7, 11) is 0. The number of hydrogen-bond acceptors (Lipinski definition) is 4. The molecule has 2 aliphatic rings. The van der Waals surface area contributed by atoms with Crippen LogP contribution in [0.2, 0.25) is 5.02 Å². The van der Waals surface area contributed by atoms with Gasteiger partial charge < -0.3 is 19.7 Å². The quantitative estimate of drug-likeness (QED) is 0.868. The highest BCUT2D eigenvalue weighted by Crippen LogP contribution is 2.34. The summed E-state index contributed by atoms with van der Waals surface area (Å²) >= 11 is 6.35. The number of fused-ring (bicyclic) bond motifs is 1. The van der Waals surface area contributed by atoms with E-state index in [2.05, 4.69) is 5.32 Å². The molecule has 5 nitrogen and oxygen atoms in total. The molecule has 1 atom stereocenters. The Hall–Kier alpha value is -1.95. The van der Waals surface area contributed by atoms with Gasteiger partial charge in [0.25, 0.3) is 5.91 Å². The van der Waals surface area contributed by atoms with Crippen molar-refractivity contribution in [2.24, 2.45) is 0 Å². The Morgan fingerprint density at radius 2 is 1.96 bits per heavy atom. The second kappa shape index (κ2) is 7.52. The minimum Gasteiger partial charge on any atom is -0.454 e. The third kappa shape index (κ3) is 3.40. The minimum atomic E-state index is -0.0922. The van der Waals surface area contributed by atoms with Crippen LogP contribution in [0.1, 0.15) is 22.0 Å². The van der Waals surface area contributed by atoms with Crippen molar-refractivity contribution in [3.8, 4) is 11.5 Å². The van der Waals surface area contributed by atoms with Crippen LogP contribution in [0.15, 0.2) is 42.5 Å². The maximum Gasteiger partial charge on any atom is 0.254 e. The summed E-state index contributed by atoms with van der Waals surface area (Å²) in [5, 5.41) is 4.02. The van der Waals surface area contributed by atoms with E-state index < -0.39 is 0 Å². The number of carbonyl (C=O) groups is 1. The third-order valence-electron chi connectivity index (χ3n) is 4.39.